The molecule has 17 nitrogen and oxygen atoms in total. The number of piperidine rings is 2. The number of imide groups is 1. The summed E-state index contributed by atoms with van der Waals surface area (Å²) < 4.78 is 13.9. The number of ether oxygens (including phenoxy) is 2. The molecule has 0 spiro atoms. The molecule has 3 atom stereocenters. The minimum absolute atomic E-state index is 0.0898. The first-order chi connectivity index (χ1) is 31.7. The van der Waals surface area contributed by atoms with Crippen molar-refractivity contribution in [2.75, 3.05) is 61.5 Å². The molecule has 2 aromatic heterocycles. The quantitative estimate of drug-likeness (QED) is 0.150. The molecule has 9 rings (SSSR count). The second kappa shape index (κ2) is 18.7. The molecule has 4 fully saturated rings. The van der Waals surface area contributed by atoms with Crippen LogP contribution in [0.25, 0.3) is 10.9 Å². The van der Waals surface area contributed by atoms with E-state index in [0.29, 0.717) is 45.5 Å². The largest absolute Gasteiger partial charge is 0.478 e. The number of piperazine rings is 1. The number of carbonyl (C=O) groups is 4. The lowest BCUT2D eigenvalue weighted by Gasteiger charge is -2.50. The van der Waals surface area contributed by atoms with Gasteiger partial charge in [-0.3, -0.25) is 34.2 Å². The smallest absolute Gasteiger partial charge is 0.293 e. The highest BCUT2D eigenvalue weighted by molar-refractivity contribution is 6.35. The van der Waals surface area contributed by atoms with E-state index in [1.54, 1.807) is 21.7 Å². The topological polar surface area (TPSA) is 184 Å². The van der Waals surface area contributed by atoms with E-state index in [-0.39, 0.29) is 72.4 Å². The molecule has 6 heterocycles. The predicted octanol–water partition coefficient (Wildman–Crippen LogP) is 5.60. The second-order valence-electron chi connectivity index (χ2n) is 18.3. The van der Waals surface area contributed by atoms with Crippen molar-refractivity contribution < 1.29 is 28.7 Å². The molecule has 4 amide bonds. The van der Waals surface area contributed by atoms with E-state index < -0.39 is 11.9 Å². The lowest BCUT2D eigenvalue weighted by atomic mass is 9.86. The van der Waals surface area contributed by atoms with Crippen LogP contribution >= 0.6 is 23.2 Å². The van der Waals surface area contributed by atoms with Gasteiger partial charge < -0.3 is 39.4 Å². The molecule has 66 heavy (non-hydrogen) atoms. The maximum Gasteiger partial charge on any atom is 0.293 e. The van der Waals surface area contributed by atoms with Crippen molar-refractivity contribution in [2.45, 2.75) is 109 Å². The molecule has 2 aromatic carbocycles. The molecule has 3 N–H and O–H groups in total. The van der Waals surface area contributed by atoms with Crippen LogP contribution in [0.15, 0.2) is 47.4 Å². The number of aromatic nitrogens is 3. The summed E-state index contributed by atoms with van der Waals surface area (Å²) in [7, 11) is 1.51. The number of anilines is 4. The van der Waals surface area contributed by atoms with E-state index in [1.165, 1.54) is 7.05 Å². The summed E-state index contributed by atoms with van der Waals surface area (Å²) in [5.74, 6) is -0.182. The monoisotopic (exact) mass is 942 g/mol. The number of amides is 4. The van der Waals surface area contributed by atoms with Gasteiger partial charge in [0.05, 0.1) is 40.7 Å². The summed E-state index contributed by atoms with van der Waals surface area (Å²) in [6.45, 7) is 11.8. The Labute approximate surface area is 393 Å². The highest BCUT2D eigenvalue weighted by atomic mass is 35.5. The molecule has 1 saturated carbocycles. The van der Waals surface area contributed by atoms with Crippen LogP contribution in [-0.2, 0) is 19.1 Å². The van der Waals surface area contributed by atoms with Crippen LogP contribution in [-0.4, -0.2) is 125 Å². The van der Waals surface area contributed by atoms with Gasteiger partial charge in [-0.2, -0.15) is 4.98 Å². The van der Waals surface area contributed by atoms with Gasteiger partial charge in [0.25, 0.3) is 17.4 Å². The maximum absolute atomic E-state index is 13.5. The van der Waals surface area contributed by atoms with Crippen LogP contribution in [0, 0.1) is 0 Å². The first-order valence-electron chi connectivity index (χ1n) is 22.9. The molecule has 1 unspecified atom stereocenters. The Bertz CT molecular complexity index is 2630. The standard InChI is InChI=1S/C47H56Cl2N10O7/c1-25(2)58-35-8-6-29(18-28(35)19-38(46(58)64)65-24-40(61)50-5)52-43-34(48)22-51-47(54-43)55-14-12-31(13-15-55)66-32-20-30(21-32)56-16-17-57(26(3)23-56)36-9-7-33-41(42(36)49)27(4)59(45(33)63)37-10-11-39(60)53-44(37)62/h6-9,18-19,22,25-27,30-32,37H,10-17,20-21,23-24H2,1-5H3,(H,50,61)(H,51,52,54)(H,53,60,62)/t26-,27+,30-,32-,37?/m1/s1. The fraction of sp³-hybridized carbons (Fsp3) is 0.511. The number of pyridine rings is 1. The van der Waals surface area contributed by atoms with Crippen molar-refractivity contribution in [1.82, 2.24) is 35.0 Å². The number of carbonyl (C=O) groups excluding carboxylic acids is 4. The zero-order valence-electron chi connectivity index (χ0n) is 37.8. The first kappa shape index (κ1) is 45.7. The lowest BCUT2D eigenvalue weighted by Crippen LogP contribution is -2.59. The lowest BCUT2D eigenvalue weighted by molar-refractivity contribution is -0.137. The number of rotatable bonds is 12. The summed E-state index contributed by atoms with van der Waals surface area (Å²) in [5, 5.41) is 9.89. The SMILES string of the molecule is CNC(=O)COc1cc2cc(Nc3nc(N4CCC(O[C@H]5C[C@H](N6CCN(c7ccc8c(c7Cl)[C@H](C)N(C7CCC(=O)NC7=O)C8=O)[C@H](C)C6)C5)CC4)ncc3Cl)ccc2n(C(C)C)c1=O. The Balaban J connectivity index is 0.762. The number of benzene rings is 2. The van der Waals surface area contributed by atoms with Crippen molar-refractivity contribution in [3.63, 3.8) is 0 Å². The van der Waals surface area contributed by atoms with Crippen molar-refractivity contribution >= 4 is 80.9 Å². The number of hydrogen-bond donors (Lipinski definition) is 3. The molecule has 0 radical (unpaired) electrons. The van der Waals surface area contributed by atoms with E-state index in [2.05, 4.69) is 42.6 Å². The average Bonchev–Trinajstić information content (AvgIpc) is 3.53. The van der Waals surface area contributed by atoms with Crippen molar-refractivity contribution in [1.29, 1.82) is 0 Å². The molecule has 1 aliphatic carbocycles. The molecule has 3 saturated heterocycles. The molecule has 19 heteroatoms. The Morgan fingerprint density at radius 1 is 0.970 bits per heavy atom. The van der Waals surface area contributed by atoms with Gasteiger partial charge in [-0.25, -0.2) is 4.98 Å². The number of nitrogens with one attached hydrogen (secondary N) is 3. The van der Waals surface area contributed by atoms with Crippen molar-refractivity contribution in [2.24, 2.45) is 0 Å². The molecule has 5 aliphatic rings. The molecule has 4 aromatic rings. The highest BCUT2D eigenvalue weighted by Gasteiger charge is 2.45. The Morgan fingerprint density at radius 3 is 2.45 bits per heavy atom. The van der Waals surface area contributed by atoms with E-state index in [4.69, 9.17) is 37.7 Å². The molecule has 0 bridgehead atoms. The van der Waals surface area contributed by atoms with Gasteiger partial charge in [0, 0.05) is 86.5 Å². The first-order valence-corrected chi connectivity index (χ1v) is 23.7. The zero-order chi connectivity index (χ0) is 46.6. The summed E-state index contributed by atoms with van der Waals surface area (Å²) in [6, 6.07) is 10.5. The van der Waals surface area contributed by atoms with Crippen LogP contribution in [0.1, 0.15) is 94.2 Å². The third-order valence-corrected chi connectivity index (χ3v) is 14.5. The predicted molar refractivity (Wildman–Crippen MR) is 252 cm³/mol. The maximum atomic E-state index is 13.5. The molecular formula is C47H56Cl2N10O7. The van der Waals surface area contributed by atoms with Crippen LogP contribution in [0.2, 0.25) is 10.0 Å². The normalized spacial score (nSPS) is 23.8. The Kier molecular flexibility index (Phi) is 12.9. The van der Waals surface area contributed by atoms with Gasteiger partial charge in [0.1, 0.15) is 11.1 Å². The Morgan fingerprint density at radius 2 is 1.74 bits per heavy atom. The minimum atomic E-state index is -0.703. The van der Waals surface area contributed by atoms with Crippen LogP contribution in [0.5, 0.6) is 5.75 Å². The van der Waals surface area contributed by atoms with Crippen LogP contribution in [0.4, 0.5) is 23.1 Å². The number of likely N-dealkylation sites (N-methyl/N-ethyl adjacent to an activating group) is 1. The van der Waals surface area contributed by atoms with E-state index >= 15 is 0 Å². The molecular weight excluding hydrogens is 887 g/mol. The van der Waals surface area contributed by atoms with E-state index in [9.17, 15) is 24.0 Å². The molecule has 350 valence electrons. The summed E-state index contributed by atoms with van der Waals surface area (Å²) >= 11 is 13.7. The highest BCUT2D eigenvalue weighted by Crippen LogP contribution is 2.45. The zero-order valence-corrected chi connectivity index (χ0v) is 39.3. The minimum Gasteiger partial charge on any atom is -0.478 e. The third kappa shape index (κ3) is 8.77. The van der Waals surface area contributed by atoms with Crippen LogP contribution in [0.3, 0.4) is 0 Å². The third-order valence-electron chi connectivity index (χ3n) is 13.8. The molecule has 4 aliphatic heterocycles. The number of fused-ring (bicyclic) bond motifs is 2. The second-order valence-corrected chi connectivity index (χ2v) is 19.1. The fourth-order valence-corrected chi connectivity index (χ4v) is 10.8. The number of nitrogens with zero attached hydrogens (tertiary/aromatic N) is 7. The Hall–Kier alpha value is -5.49. The summed E-state index contributed by atoms with van der Waals surface area (Å²) in [4.78, 5) is 81.2. The van der Waals surface area contributed by atoms with E-state index in [0.717, 1.165) is 80.6 Å². The number of hydrogen-bond acceptors (Lipinski definition) is 13. The summed E-state index contributed by atoms with van der Waals surface area (Å²) in [5.41, 5.74) is 3.29. The van der Waals surface area contributed by atoms with Gasteiger partial charge >= 0.3 is 0 Å². The number of halogens is 2. The van der Waals surface area contributed by atoms with Crippen molar-refractivity contribution in [3.05, 3.63) is 74.1 Å². The van der Waals surface area contributed by atoms with Gasteiger partial charge in [0.15, 0.2) is 18.2 Å². The average molecular weight is 944 g/mol. The van der Waals surface area contributed by atoms with Crippen LogP contribution < -0.4 is 36.0 Å². The van der Waals surface area contributed by atoms with Gasteiger partial charge in [-0.05, 0) is 96.2 Å². The van der Waals surface area contributed by atoms with E-state index in [1.807, 2.05) is 51.1 Å². The summed E-state index contributed by atoms with van der Waals surface area (Å²) in [6.07, 6.45) is 6.18. The fourth-order valence-electron chi connectivity index (χ4n) is 10.3. The van der Waals surface area contributed by atoms with Gasteiger partial charge in [-0.15, -0.1) is 0 Å². The van der Waals surface area contributed by atoms with Gasteiger partial charge in [0.2, 0.25) is 17.8 Å². The van der Waals surface area contributed by atoms with Crippen molar-refractivity contribution in [3.8, 4) is 5.75 Å². The van der Waals surface area contributed by atoms with Gasteiger partial charge in [-0.1, -0.05) is 23.2 Å².